The molecule has 2 heterocycles. The first-order valence-electron chi connectivity index (χ1n) is 11.2. The van der Waals surface area contributed by atoms with E-state index >= 15 is 0 Å². The van der Waals surface area contributed by atoms with Gasteiger partial charge in [-0.2, -0.15) is 0 Å². The molecule has 1 atom stereocenters. The van der Waals surface area contributed by atoms with E-state index in [4.69, 9.17) is 16.3 Å². The average molecular weight is 529 g/mol. The molecule has 0 unspecified atom stereocenters. The van der Waals surface area contributed by atoms with Crippen molar-refractivity contribution in [1.29, 1.82) is 0 Å². The summed E-state index contributed by atoms with van der Waals surface area (Å²) in [6.07, 6.45) is 0.492. The minimum atomic E-state index is -3.85. The minimum absolute atomic E-state index is 0.120. The van der Waals surface area contributed by atoms with Crippen LogP contribution in [-0.2, 0) is 16.6 Å². The van der Waals surface area contributed by atoms with Gasteiger partial charge in [-0.25, -0.2) is 13.1 Å². The Labute approximate surface area is 213 Å². The smallest absolute Gasteiger partial charge is 0.308 e. The molecule has 0 saturated carbocycles. The van der Waals surface area contributed by atoms with Crippen LogP contribution in [0.2, 0.25) is 5.02 Å². The molecule has 1 N–H and O–H groups in total. The van der Waals surface area contributed by atoms with Crippen LogP contribution in [0, 0.1) is 6.92 Å². The second kappa shape index (κ2) is 8.78. The first kappa shape index (κ1) is 24.1. The van der Waals surface area contributed by atoms with Crippen molar-refractivity contribution in [2.24, 2.45) is 0 Å². The van der Waals surface area contributed by atoms with Crippen LogP contribution >= 0.6 is 22.9 Å². The van der Waals surface area contributed by atoms with Crippen molar-refractivity contribution in [3.8, 4) is 5.75 Å². The average Bonchev–Trinajstić information content (AvgIpc) is 3.08. The Bertz CT molecular complexity index is 1610. The molecule has 4 aromatic rings. The Morgan fingerprint density at radius 1 is 1.14 bits per heavy atom. The molecule has 1 aromatic heterocycles. The third-order valence-corrected chi connectivity index (χ3v) is 8.94. The van der Waals surface area contributed by atoms with Gasteiger partial charge in [0, 0.05) is 17.0 Å². The molecule has 0 bridgehead atoms. The summed E-state index contributed by atoms with van der Waals surface area (Å²) >= 11 is 7.30. The number of aromatic nitrogens is 1. The van der Waals surface area contributed by atoms with E-state index in [2.05, 4.69) is 4.72 Å². The monoisotopic (exact) mass is 528 g/mol. The molecule has 0 amide bonds. The van der Waals surface area contributed by atoms with Crippen molar-refractivity contribution < 1.29 is 13.2 Å². The topological polar surface area (TPSA) is 77.4 Å². The van der Waals surface area contributed by atoms with Gasteiger partial charge < -0.3 is 4.74 Å². The summed E-state index contributed by atoms with van der Waals surface area (Å²) in [5.41, 5.74) is 2.84. The molecule has 6 nitrogen and oxygen atoms in total. The zero-order chi connectivity index (χ0) is 25.0. The minimum Gasteiger partial charge on any atom is -0.487 e. The van der Waals surface area contributed by atoms with Crippen LogP contribution in [0.1, 0.15) is 43.0 Å². The Kier molecular flexibility index (Phi) is 6.04. The number of fused-ring (bicyclic) bond motifs is 2. The van der Waals surface area contributed by atoms with E-state index < -0.39 is 21.7 Å². The molecule has 5 rings (SSSR count). The van der Waals surface area contributed by atoms with Gasteiger partial charge in [0.25, 0.3) is 0 Å². The van der Waals surface area contributed by atoms with E-state index in [0.717, 1.165) is 28.0 Å². The highest BCUT2D eigenvalue weighted by atomic mass is 35.5. The lowest BCUT2D eigenvalue weighted by molar-refractivity contribution is 0.0701. The zero-order valence-corrected chi connectivity index (χ0v) is 21.9. The third-order valence-electron chi connectivity index (χ3n) is 6.16. The van der Waals surface area contributed by atoms with Crippen LogP contribution in [0.15, 0.2) is 70.4 Å². The fraction of sp³-hybridized carbons (Fsp3) is 0.269. The SMILES string of the molecule is Cc1ccc2c(c1)OC(C)(C)C[C@@H]2NS(=O)(=O)c1ccc2c(c1)sc(=O)n2Cc1ccccc1Cl. The third kappa shape index (κ3) is 4.76. The molecular weight excluding hydrogens is 504 g/mol. The summed E-state index contributed by atoms with van der Waals surface area (Å²) < 4.78 is 38.0. The Hall–Kier alpha value is -2.65. The van der Waals surface area contributed by atoms with E-state index in [1.807, 2.05) is 57.2 Å². The number of thiazole rings is 1. The Morgan fingerprint density at radius 2 is 1.91 bits per heavy atom. The largest absolute Gasteiger partial charge is 0.487 e. The number of aryl methyl sites for hydroxylation is 1. The normalized spacial score (nSPS) is 17.2. The molecule has 3 aromatic carbocycles. The van der Waals surface area contributed by atoms with Crippen molar-refractivity contribution in [3.63, 3.8) is 0 Å². The van der Waals surface area contributed by atoms with Gasteiger partial charge in [0.1, 0.15) is 11.4 Å². The van der Waals surface area contributed by atoms with Crippen LogP contribution in [0.4, 0.5) is 0 Å². The maximum atomic E-state index is 13.4. The molecule has 0 saturated heterocycles. The van der Waals surface area contributed by atoms with Crippen molar-refractivity contribution in [3.05, 3.63) is 92.0 Å². The molecule has 1 aliphatic heterocycles. The van der Waals surface area contributed by atoms with Crippen LogP contribution < -0.4 is 14.3 Å². The van der Waals surface area contributed by atoms with Crippen LogP contribution in [0.5, 0.6) is 5.75 Å². The molecule has 0 spiro atoms. The number of nitrogens with one attached hydrogen (secondary N) is 1. The lowest BCUT2D eigenvalue weighted by Crippen LogP contribution is -2.41. The fourth-order valence-electron chi connectivity index (χ4n) is 4.48. The number of rotatable bonds is 5. The maximum Gasteiger partial charge on any atom is 0.308 e. The lowest BCUT2D eigenvalue weighted by Gasteiger charge is -2.38. The number of hydrogen-bond acceptors (Lipinski definition) is 5. The quantitative estimate of drug-likeness (QED) is 0.363. The predicted molar refractivity (Wildman–Crippen MR) is 140 cm³/mol. The second-order valence-corrected chi connectivity index (χ2v) is 12.6. The molecule has 0 fully saturated rings. The van der Waals surface area contributed by atoms with Gasteiger partial charge in [-0.1, -0.05) is 53.3 Å². The second-order valence-electron chi connectivity index (χ2n) is 9.46. The summed E-state index contributed by atoms with van der Waals surface area (Å²) in [5.74, 6) is 0.694. The Morgan fingerprint density at radius 3 is 2.69 bits per heavy atom. The lowest BCUT2D eigenvalue weighted by atomic mass is 9.90. The van der Waals surface area contributed by atoms with Gasteiger partial charge in [-0.15, -0.1) is 0 Å². The Balaban J connectivity index is 1.48. The first-order valence-corrected chi connectivity index (χ1v) is 13.9. The number of ether oxygens (including phenoxy) is 1. The van der Waals surface area contributed by atoms with Crippen LogP contribution in [0.3, 0.4) is 0 Å². The van der Waals surface area contributed by atoms with E-state index in [9.17, 15) is 13.2 Å². The van der Waals surface area contributed by atoms with Crippen molar-refractivity contribution in [2.45, 2.75) is 50.3 Å². The van der Waals surface area contributed by atoms with Crippen molar-refractivity contribution in [1.82, 2.24) is 9.29 Å². The van der Waals surface area contributed by atoms with Crippen LogP contribution in [0.25, 0.3) is 10.2 Å². The number of hydrogen-bond donors (Lipinski definition) is 1. The van der Waals surface area contributed by atoms with E-state index in [1.54, 1.807) is 28.8 Å². The van der Waals surface area contributed by atoms with Crippen LogP contribution in [-0.4, -0.2) is 18.6 Å². The van der Waals surface area contributed by atoms with Gasteiger partial charge in [0.15, 0.2) is 0 Å². The van der Waals surface area contributed by atoms with Gasteiger partial charge in [-0.3, -0.25) is 9.36 Å². The van der Waals surface area contributed by atoms with Crippen molar-refractivity contribution >= 4 is 43.2 Å². The van der Waals surface area contributed by atoms with E-state index in [1.165, 1.54) is 0 Å². The predicted octanol–water partition coefficient (Wildman–Crippen LogP) is 5.65. The summed E-state index contributed by atoms with van der Waals surface area (Å²) in [6, 6.07) is 17.5. The number of halogens is 1. The summed E-state index contributed by atoms with van der Waals surface area (Å²) in [7, 11) is -3.85. The highest BCUT2D eigenvalue weighted by molar-refractivity contribution is 7.89. The highest BCUT2D eigenvalue weighted by Gasteiger charge is 2.36. The molecule has 182 valence electrons. The molecule has 0 aliphatic carbocycles. The molecule has 35 heavy (non-hydrogen) atoms. The summed E-state index contributed by atoms with van der Waals surface area (Å²) in [5, 5.41) is 0.581. The van der Waals surface area contributed by atoms with Crippen molar-refractivity contribution in [2.75, 3.05) is 0 Å². The molecule has 1 aliphatic rings. The standard InChI is InChI=1S/C26H25ClN2O4S2/c1-16-8-10-19-21(14-26(2,3)33-23(19)12-16)28-35(31,32)18-9-11-22-24(13-18)34-25(30)29(22)15-17-6-4-5-7-20(17)27/h4-13,21,28H,14-15H2,1-3H3/t21-/m0/s1. The van der Waals surface area contributed by atoms with Gasteiger partial charge in [0.05, 0.1) is 27.7 Å². The highest BCUT2D eigenvalue weighted by Crippen LogP contribution is 2.40. The van der Waals surface area contributed by atoms with E-state index in [-0.39, 0.29) is 9.77 Å². The maximum absolute atomic E-state index is 13.4. The molecule has 0 radical (unpaired) electrons. The molecule has 9 heteroatoms. The number of benzene rings is 3. The summed E-state index contributed by atoms with van der Waals surface area (Å²) in [4.78, 5) is 12.7. The van der Waals surface area contributed by atoms with Gasteiger partial charge >= 0.3 is 4.87 Å². The number of nitrogens with zero attached hydrogens (tertiary/aromatic N) is 1. The summed E-state index contributed by atoms with van der Waals surface area (Å²) in [6.45, 7) is 6.19. The molecular formula is C26H25ClN2O4S2. The first-order chi connectivity index (χ1) is 16.5. The zero-order valence-electron chi connectivity index (χ0n) is 19.5. The fourth-order valence-corrected chi connectivity index (χ4v) is 6.92. The number of sulfonamides is 1. The van der Waals surface area contributed by atoms with Gasteiger partial charge in [-0.05, 0) is 62.2 Å². The van der Waals surface area contributed by atoms with Gasteiger partial charge in [0.2, 0.25) is 10.0 Å². The van der Waals surface area contributed by atoms with E-state index in [0.29, 0.717) is 34.0 Å².